The summed E-state index contributed by atoms with van der Waals surface area (Å²) in [4.78, 5) is 12.6. The van der Waals surface area contributed by atoms with E-state index in [1.165, 1.54) is 0 Å². The Morgan fingerprint density at radius 3 is 2.60 bits per heavy atom. The first kappa shape index (κ1) is 16.2. The molecule has 0 aliphatic rings. The van der Waals surface area contributed by atoms with Crippen molar-refractivity contribution in [3.8, 4) is 0 Å². The van der Waals surface area contributed by atoms with Gasteiger partial charge in [0.2, 0.25) is 0 Å². The highest BCUT2D eigenvalue weighted by Gasteiger charge is 2.22. The number of likely N-dealkylation sites (N-methyl/N-ethyl adjacent to an activating group) is 1. The number of benzene rings is 1. The van der Waals surface area contributed by atoms with E-state index in [-0.39, 0.29) is 17.9 Å². The number of carbonyl (C=O) groups is 1. The maximum absolute atomic E-state index is 13.6. The Balaban J connectivity index is 2.84. The Hall–Kier alpha value is -1.86. The van der Waals surface area contributed by atoms with Crippen molar-refractivity contribution in [1.29, 1.82) is 0 Å². The zero-order valence-electron chi connectivity index (χ0n) is 11.8. The van der Waals surface area contributed by atoms with Gasteiger partial charge >= 0.3 is 5.97 Å². The lowest BCUT2D eigenvalue weighted by molar-refractivity contribution is 0.0459. The van der Waals surface area contributed by atoms with Crippen LogP contribution >= 0.6 is 0 Å². The van der Waals surface area contributed by atoms with Gasteiger partial charge in [0.25, 0.3) is 0 Å². The molecular formula is C13H20FN3O3. The lowest BCUT2D eigenvalue weighted by Gasteiger charge is -2.27. The number of nitrogen functional groups attached to an aromatic ring is 1. The smallest absolute Gasteiger partial charge is 0.338 e. The summed E-state index contributed by atoms with van der Waals surface area (Å²) < 4.78 is 13.6. The van der Waals surface area contributed by atoms with E-state index >= 15 is 0 Å². The number of halogens is 1. The first-order valence-electron chi connectivity index (χ1n) is 6.06. The summed E-state index contributed by atoms with van der Waals surface area (Å²) in [5, 5.41) is 21.7. The third kappa shape index (κ3) is 4.36. The lowest BCUT2D eigenvalue weighted by atomic mass is 10.1. The van der Waals surface area contributed by atoms with Crippen LogP contribution in [-0.2, 0) is 0 Å². The Bertz CT molecular complexity index is 504. The van der Waals surface area contributed by atoms with Crippen LogP contribution in [-0.4, -0.2) is 53.9 Å². The first-order valence-corrected chi connectivity index (χ1v) is 6.06. The fourth-order valence-electron chi connectivity index (χ4n) is 1.93. The number of carboxylic acids is 1. The largest absolute Gasteiger partial charge is 0.478 e. The molecule has 0 fully saturated rings. The third-order valence-electron chi connectivity index (χ3n) is 2.69. The van der Waals surface area contributed by atoms with E-state index in [0.717, 1.165) is 12.1 Å². The molecule has 0 saturated heterocycles. The zero-order chi connectivity index (χ0) is 15.5. The van der Waals surface area contributed by atoms with Crippen LogP contribution in [0.4, 0.5) is 15.8 Å². The average Bonchev–Trinajstić information content (AvgIpc) is 2.27. The van der Waals surface area contributed by atoms with Crippen molar-refractivity contribution >= 4 is 17.3 Å². The monoisotopic (exact) mass is 285 g/mol. The van der Waals surface area contributed by atoms with Crippen LogP contribution in [0.25, 0.3) is 0 Å². The molecule has 0 heterocycles. The Labute approximate surface area is 117 Å². The molecule has 0 saturated carbocycles. The maximum atomic E-state index is 13.6. The number of aliphatic hydroxyl groups is 1. The summed E-state index contributed by atoms with van der Waals surface area (Å²) in [6, 6.07) is 2.07. The number of carboxylic acid groups (broad SMARTS) is 1. The average molecular weight is 285 g/mol. The topological polar surface area (TPSA) is 98.8 Å². The third-order valence-corrected chi connectivity index (χ3v) is 2.69. The van der Waals surface area contributed by atoms with E-state index in [1.54, 1.807) is 6.92 Å². The molecule has 0 spiro atoms. The van der Waals surface area contributed by atoms with E-state index < -0.39 is 23.0 Å². The Kier molecular flexibility index (Phi) is 4.91. The highest BCUT2D eigenvalue weighted by atomic mass is 19.1. The van der Waals surface area contributed by atoms with Crippen molar-refractivity contribution < 1.29 is 19.4 Å². The fourth-order valence-corrected chi connectivity index (χ4v) is 1.93. The minimum absolute atomic E-state index is 0.115. The molecular weight excluding hydrogens is 265 g/mol. The van der Waals surface area contributed by atoms with Crippen LogP contribution < -0.4 is 11.1 Å². The van der Waals surface area contributed by atoms with Crippen LogP contribution in [0.3, 0.4) is 0 Å². The minimum Gasteiger partial charge on any atom is -0.478 e. The van der Waals surface area contributed by atoms with Gasteiger partial charge in [-0.05, 0) is 33.2 Å². The molecule has 0 aliphatic heterocycles. The van der Waals surface area contributed by atoms with Gasteiger partial charge in [0.05, 0.1) is 22.5 Å². The van der Waals surface area contributed by atoms with Gasteiger partial charge < -0.3 is 26.2 Å². The van der Waals surface area contributed by atoms with E-state index in [2.05, 4.69) is 5.32 Å². The van der Waals surface area contributed by atoms with E-state index in [1.807, 2.05) is 19.0 Å². The van der Waals surface area contributed by atoms with Gasteiger partial charge in [-0.2, -0.15) is 0 Å². The molecule has 5 N–H and O–H groups in total. The summed E-state index contributed by atoms with van der Waals surface area (Å²) in [5.41, 5.74) is 4.54. The summed E-state index contributed by atoms with van der Waals surface area (Å²) in [5.74, 6) is -2.25. The number of nitrogens with one attached hydrogen (secondary N) is 1. The molecule has 1 rings (SSSR count). The van der Waals surface area contributed by atoms with Gasteiger partial charge in [0.15, 0.2) is 0 Å². The molecule has 1 aromatic carbocycles. The molecule has 1 atom stereocenters. The summed E-state index contributed by atoms with van der Waals surface area (Å²) in [6.07, 6.45) is 0. The van der Waals surface area contributed by atoms with Gasteiger partial charge in [-0.15, -0.1) is 0 Å². The van der Waals surface area contributed by atoms with Crippen molar-refractivity contribution in [1.82, 2.24) is 4.90 Å². The number of nitrogens with two attached hydrogens (primary N) is 1. The van der Waals surface area contributed by atoms with Crippen molar-refractivity contribution in [3.05, 3.63) is 23.5 Å². The highest BCUT2D eigenvalue weighted by molar-refractivity contribution is 5.90. The zero-order valence-corrected chi connectivity index (χ0v) is 11.8. The number of aromatic carboxylic acids is 1. The normalized spacial score (nSPS) is 14.1. The molecule has 0 aromatic heterocycles. The molecule has 112 valence electrons. The van der Waals surface area contributed by atoms with Gasteiger partial charge in [-0.25, -0.2) is 9.18 Å². The highest BCUT2D eigenvalue weighted by Crippen LogP contribution is 2.23. The van der Waals surface area contributed by atoms with Crippen molar-refractivity contribution in [2.75, 3.05) is 38.2 Å². The molecule has 0 aliphatic carbocycles. The molecule has 0 radical (unpaired) electrons. The number of hydrogen-bond acceptors (Lipinski definition) is 5. The van der Waals surface area contributed by atoms with Crippen molar-refractivity contribution in [2.24, 2.45) is 0 Å². The lowest BCUT2D eigenvalue weighted by Crippen LogP contribution is -2.43. The second-order valence-corrected chi connectivity index (χ2v) is 5.31. The number of hydrogen-bond donors (Lipinski definition) is 4. The van der Waals surface area contributed by atoms with Gasteiger partial charge in [0.1, 0.15) is 5.82 Å². The van der Waals surface area contributed by atoms with Gasteiger partial charge in [-0.1, -0.05) is 0 Å². The van der Waals surface area contributed by atoms with Crippen LogP contribution in [0.2, 0.25) is 0 Å². The second-order valence-electron chi connectivity index (χ2n) is 5.31. The standard InChI is InChI=1S/C13H20FN3O3/c1-13(20,7-17(2)3)6-16-11-5-9(14)8(12(18)19)4-10(11)15/h4-5,16,20H,6-7,15H2,1-3H3,(H,18,19). The fraction of sp³-hybridized carbons (Fsp3) is 0.462. The Morgan fingerprint density at radius 1 is 1.50 bits per heavy atom. The van der Waals surface area contributed by atoms with Crippen LogP contribution in [0.15, 0.2) is 12.1 Å². The second kappa shape index (κ2) is 6.06. The van der Waals surface area contributed by atoms with Crippen LogP contribution in [0, 0.1) is 5.82 Å². The van der Waals surface area contributed by atoms with Gasteiger partial charge in [-0.3, -0.25) is 0 Å². The molecule has 1 aromatic rings. The summed E-state index contributed by atoms with van der Waals surface area (Å²) >= 11 is 0. The van der Waals surface area contributed by atoms with Gasteiger partial charge in [0, 0.05) is 13.1 Å². The van der Waals surface area contributed by atoms with Crippen molar-refractivity contribution in [2.45, 2.75) is 12.5 Å². The summed E-state index contributed by atoms with van der Waals surface area (Å²) in [6.45, 7) is 2.20. The predicted molar refractivity (Wildman–Crippen MR) is 75.4 cm³/mol. The predicted octanol–water partition coefficient (Wildman–Crippen LogP) is 0.831. The molecule has 6 nitrogen and oxygen atoms in total. The van der Waals surface area contributed by atoms with Crippen molar-refractivity contribution in [3.63, 3.8) is 0 Å². The minimum atomic E-state index is -1.37. The summed E-state index contributed by atoms with van der Waals surface area (Å²) in [7, 11) is 3.65. The molecule has 0 bridgehead atoms. The molecule has 1 unspecified atom stereocenters. The molecule has 20 heavy (non-hydrogen) atoms. The number of nitrogens with zero attached hydrogens (tertiary/aromatic N) is 1. The number of rotatable bonds is 6. The quantitative estimate of drug-likeness (QED) is 0.578. The van der Waals surface area contributed by atoms with E-state index in [0.29, 0.717) is 6.54 Å². The SMILES string of the molecule is CN(C)CC(C)(O)CNc1cc(F)c(C(=O)O)cc1N. The van der Waals surface area contributed by atoms with Crippen LogP contribution in [0.1, 0.15) is 17.3 Å². The number of anilines is 2. The van der Waals surface area contributed by atoms with E-state index in [4.69, 9.17) is 10.8 Å². The van der Waals surface area contributed by atoms with E-state index in [9.17, 15) is 14.3 Å². The maximum Gasteiger partial charge on any atom is 0.338 e. The molecule has 0 amide bonds. The first-order chi connectivity index (χ1) is 9.12. The molecule has 7 heteroatoms. The Morgan fingerprint density at radius 2 is 2.10 bits per heavy atom. The van der Waals surface area contributed by atoms with Crippen LogP contribution in [0.5, 0.6) is 0 Å².